The number of halogens is 1. The molecule has 0 radical (unpaired) electrons. The largest absolute Gasteiger partial charge is 0.351 e. The molecule has 3 rings (SSSR count). The molecule has 1 N–H and O–H groups in total. The summed E-state index contributed by atoms with van der Waals surface area (Å²) in [5, 5.41) is 11.4. The zero-order valence-corrected chi connectivity index (χ0v) is 15.0. The van der Waals surface area contributed by atoms with Gasteiger partial charge in [-0.1, -0.05) is 35.0 Å². The number of nitrogens with one attached hydrogen (secondary N) is 1. The Kier molecular flexibility index (Phi) is 4.80. The lowest BCUT2D eigenvalue weighted by molar-refractivity contribution is 0.0946. The van der Waals surface area contributed by atoms with E-state index >= 15 is 0 Å². The maximum absolute atomic E-state index is 12.4. The van der Waals surface area contributed by atoms with Crippen LogP contribution in [0.5, 0.6) is 0 Å². The summed E-state index contributed by atoms with van der Waals surface area (Å²) in [6.45, 7) is 4.96. The summed E-state index contributed by atoms with van der Waals surface area (Å²) in [6, 6.07) is 7.89. The lowest BCUT2D eigenvalue weighted by atomic mass is 10.1. The maximum Gasteiger partial charge on any atom is 0.273 e. The average molecular weight is 377 g/mol. The standard InChI is InChI=1S/C17H21BrN4O/c1-11(2)9-10-19-17(23)15-16(12-3-4-12)22(21-20-15)14-7-5-13(18)6-8-14/h5-8,11-12H,3-4,9-10H2,1-2H3,(H,19,23). The molecule has 0 aliphatic heterocycles. The SMILES string of the molecule is CC(C)CCNC(=O)c1nnn(-c2ccc(Br)cc2)c1C1CC1. The Balaban J connectivity index is 1.84. The summed E-state index contributed by atoms with van der Waals surface area (Å²) in [4.78, 5) is 12.4. The van der Waals surface area contributed by atoms with Crippen molar-refractivity contribution in [1.29, 1.82) is 0 Å². The fourth-order valence-corrected chi connectivity index (χ4v) is 2.77. The third-order valence-corrected chi connectivity index (χ3v) is 4.49. The van der Waals surface area contributed by atoms with Gasteiger partial charge in [0.2, 0.25) is 0 Å². The van der Waals surface area contributed by atoms with Gasteiger partial charge in [0.05, 0.1) is 11.4 Å². The van der Waals surface area contributed by atoms with Gasteiger partial charge < -0.3 is 5.32 Å². The first kappa shape index (κ1) is 16.2. The number of hydrogen-bond acceptors (Lipinski definition) is 3. The highest BCUT2D eigenvalue weighted by Gasteiger charge is 2.34. The van der Waals surface area contributed by atoms with Crippen LogP contribution >= 0.6 is 15.9 Å². The number of aromatic nitrogens is 3. The van der Waals surface area contributed by atoms with Gasteiger partial charge >= 0.3 is 0 Å². The number of nitrogens with zero attached hydrogens (tertiary/aromatic N) is 3. The molecule has 1 fully saturated rings. The fraction of sp³-hybridized carbons (Fsp3) is 0.471. The lowest BCUT2D eigenvalue weighted by Gasteiger charge is -2.08. The van der Waals surface area contributed by atoms with Crippen LogP contribution in [0.2, 0.25) is 0 Å². The molecule has 23 heavy (non-hydrogen) atoms. The molecule has 0 unspecified atom stereocenters. The Morgan fingerprint density at radius 1 is 1.35 bits per heavy atom. The van der Waals surface area contributed by atoms with Crippen LogP contribution in [0.25, 0.3) is 5.69 Å². The second-order valence-electron chi connectivity index (χ2n) is 6.42. The third-order valence-electron chi connectivity index (χ3n) is 3.96. The Bertz CT molecular complexity index is 689. The molecule has 0 atom stereocenters. The topological polar surface area (TPSA) is 59.8 Å². The molecule has 5 nitrogen and oxygen atoms in total. The molecule has 2 aromatic rings. The minimum absolute atomic E-state index is 0.115. The molecule has 1 aromatic heterocycles. The maximum atomic E-state index is 12.4. The number of carbonyl (C=O) groups is 1. The van der Waals surface area contributed by atoms with Gasteiger partial charge in [-0.3, -0.25) is 4.79 Å². The van der Waals surface area contributed by atoms with Crippen molar-refractivity contribution in [3.8, 4) is 5.69 Å². The lowest BCUT2D eigenvalue weighted by Crippen LogP contribution is -2.26. The van der Waals surface area contributed by atoms with E-state index in [1.54, 1.807) is 0 Å². The molecule has 1 aromatic carbocycles. The van der Waals surface area contributed by atoms with E-state index in [1.807, 2.05) is 28.9 Å². The van der Waals surface area contributed by atoms with Gasteiger partial charge in [-0.25, -0.2) is 4.68 Å². The van der Waals surface area contributed by atoms with E-state index in [-0.39, 0.29) is 5.91 Å². The van der Waals surface area contributed by atoms with Gasteiger partial charge in [0, 0.05) is 16.9 Å². The summed E-state index contributed by atoms with van der Waals surface area (Å²) in [5.41, 5.74) is 2.34. The fourth-order valence-electron chi connectivity index (χ4n) is 2.51. The molecule has 0 saturated heterocycles. The van der Waals surface area contributed by atoms with Crippen LogP contribution < -0.4 is 5.32 Å². The van der Waals surface area contributed by atoms with Crippen molar-refractivity contribution in [3.63, 3.8) is 0 Å². The van der Waals surface area contributed by atoms with Crippen molar-refractivity contribution in [2.75, 3.05) is 6.54 Å². The molecule has 6 heteroatoms. The van der Waals surface area contributed by atoms with E-state index in [0.29, 0.717) is 24.1 Å². The Labute approximate surface area is 144 Å². The number of rotatable bonds is 6. The number of carbonyl (C=O) groups excluding carboxylic acids is 1. The van der Waals surface area contributed by atoms with Gasteiger partial charge in [0.25, 0.3) is 5.91 Å². The van der Waals surface area contributed by atoms with Crippen molar-refractivity contribution in [2.45, 2.75) is 39.0 Å². The number of benzene rings is 1. The summed E-state index contributed by atoms with van der Waals surface area (Å²) in [6.07, 6.45) is 3.15. The highest BCUT2D eigenvalue weighted by Crippen LogP contribution is 2.42. The van der Waals surface area contributed by atoms with Crippen LogP contribution in [0.1, 0.15) is 55.2 Å². The average Bonchev–Trinajstić information content (AvgIpc) is 3.26. The van der Waals surface area contributed by atoms with Gasteiger partial charge in [-0.05, 0) is 49.4 Å². The molecular formula is C17H21BrN4O. The molecule has 1 aliphatic carbocycles. The van der Waals surface area contributed by atoms with Crippen LogP contribution in [-0.2, 0) is 0 Å². The highest BCUT2D eigenvalue weighted by atomic mass is 79.9. The van der Waals surface area contributed by atoms with Crippen LogP contribution in [0.4, 0.5) is 0 Å². The minimum atomic E-state index is -0.115. The van der Waals surface area contributed by atoms with Crippen LogP contribution in [-0.4, -0.2) is 27.4 Å². The first-order chi connectivity index (χ1) is 11.1. The second-order valence-corrected chi connectivity index (χ2v) is 7.34. The van der Waals surface area contributed by atoms with E-state index in [0.717, 1.165) is 35.1 Å². The summed E-state index contributed by atoms with van der Waals surface area (Å²) in [5.74, 6) is 0.840. The molecular weight excluding hydrogens is 356 g/mol. The zero-order chi connectivity index (χ0) is 16.4. The summed E-state index contributed by atoms with van der Waals surface area (Å²) < 4.78 is 2.82. The van der Waals surface area contributed by atoms with Crippen molar-refractivity contribution in [1.82, 2.24) is 20.3 Å². The van der Waals surface area contributed by atoms with Crippen molar-refractivity contribution in [2.24, 2.45) is 5.92 Å². The summed E-state index contributed by atoms with van der Waals surface area (Å²) >= 11 is 3.44. The van der Waals surface area contributed by atoms with Crippen LogP contribution in [0.15, 0.2) is 28.7 Å². The molecule has 1 aliphatic rings. The third kappa shape index (κ3) is 3.80. The number of hydrogen-bond donors (Lipinski definition) is 1. The zero-order valence-electron chi connectivity index (χ0n) is 13.4. The van der Waals surface area contributed by atoms with Crippen molar-refractivity contribution >= 4 is 21.8 Å². The molecule has 1 heterocycles. The van der Waals surface area contributed by atoms with E-state index in [2.05, 4.69) is 45.4 Å². The van der Waals surface area contributed by atoms with E-state index in [4.69, 9.17) is 0 Å². The number of amides is 1. The van der Waals surface area contributed by atoms with Gasteiger partial charge in [0.15, 0.2) is 5.69 Å². The quantitative estimate of drug-likeness (QED) is 0.836. The Hall–Kier alpha value is -1.69. The van der Waals surface area contributed by atoms with Crippen LogP contribution in [0.3, 0.4) is 0 Å². The summed E-state index contributed by atoms with van der Waals surface area (Å²) in [7, 11) is 0. The van der Waals surface area contributed by atoms with E-state index < -0.39 is 0 Å². The first-order valence-corrected chi connectivity index (χ1v) is 8.85. The molecule has 1 amide bonds. The Morgan fingerprint density at radius 2 is 2.04 bits per heavy atom. The monoisotopic (exact) mass is 376 g/mol. The molecule has 0 bridgehead atoms. The van der Waals surface area contributed by atoms with E-state index in [9.17, 15) is 4.79 Å². The van der Waals surface area contributed by atoms with Crippen LogP contribution in [0, 0.1) is 5.92 Å². The van der Waals surface area contributed by atoms with Gasteiger partial charge in [0.1, 0.15) is 0 Å². The normalized spacial score (nSPS) is 14.3. The van der Waals surface area contributed by atoms with Crippen molar-refractivity contribution < 1.29 is 4.79 Å². The Morgan fingerprint density at radius 3 is 2.65 bits per heavy atom. The van der Waals surface area contributed by atoms with Gasteiger partial charge in [-0.2, -0.15) is 0 Å². The predicted octanol–water partition coefficient (Wildman–Crippen LogP) is 3.68. The van der Waals surface area contributed by atoms with Gasteiger partial charge in [-0.15, -0.1) is 5.10 Å². The molecule has 122 valence electrons. The smallest absolute Gasteiger partial charge is 0.273 e. The van der Waals surface area contributed by atoms with Crippen molar-refractivity contribution in [3.05, 3.63) is 40.1 Å². The minimum Gasteiger partial charge on any atom is -0.351 e. The predicted molar refractivity (Wildman–Crippen MR) is 92.8 cm³/mol. The first-order valence-electron chi connectivity index (χ1n) is 8.06. The molecule has 1 saturated carbocycles. The second kappa shape index (κ2) is 6.83. The highest BCUT2D eigenvalue weighted by molar-refractivity contribution is 9.10. The van der Waals surface area contributed by atoms with E-state index in [1.165, 1.54) is 0 Å². The molecule has 0 spiro atoms.